The van der Waals surface area contributed by atoms with E-state index in [1.54, 1.807) is 6.92 Å². The van der Waals surface area contributed by atoms with Gasteiger partial charge in [-0.15, -0.1) is 11.3 Å². The molecule has 2 aliphatic rings. The third-order valence-electron chi connectivity index (χ3n) is 9.25. The fourth-order valence-electron chi connectivity index (χ4n) is 6.58. The quantitative estimate of drug-likeness (QED) is 0.152. The molecule has 3 aromatic rings. The van der Waals surface area contributed by atoms with Gasteiger partial charge in [0.05, 0.1) is 27.9 Å². The van der Waals surface area contributed by atoms with Gasteiger partial charge in [-0.1, -0.05) is 44.0 Å². The van der Waals surface area contributed by atoms with Crippen LogP contribution in [0.2, 0.25) is 0 Å². The van der Waals surface area contributed by atoms with Crippen molar-refractivity contribution in [3.8, 4) is 5.75 Å². The van der Waals surface area contributed by atoms with Crippen LogP contribution in [0.4, 0.5) is 0 Å². The second-order valence-corrected chi connectivity index (χ2v) is 14.0. The van der Waals surface area contributed by atoms with E-state index >= 15 is 0 Å². The lowest BCUT2D eigenvalue weighted by molar-refractivity contribution is -0.135. The van der Waals surface area contributed by atoms with Crippen molar-refractivity contribution in [3.63, 3.8) is 0 Å². The lowest BCUT2D eigenvalue weighted by Gasteiger charge is -2.30. The van der Waals surface area contributed by atoms with Gasteiger partial charge >= 0.3 is 0 Å². The number of hydrogen-bond acceptors (Lipinski definition) is 8. The van der Waals surface area contributed by atoms with Crippen LogP contribution in [0, 0.1) is 12.8 Å². The first-order valence-electron chi connectivity index (χ1n) is 17.2. The van der Waals surface area contributed by atoms with E-state index in [1.807, 2.05) is 43.3 Å². The van der Waals surface area contributed by atoms with Gasteiger partial charge in [0.25, 0.3) is 0 Å². The summed E-state index contributed by atoms with van der Waals surface area (Å²) in [6.45, 7) is 4.71. The Morgan fingerprint density at radius 3 is 2.52 bits per heavy atom. The van der Waals surface area contributed by atoms with E-state index in [2.05, 4.69) is 27.3 Å². The average molecular weight is 677 g/mol. The lowest BCUT2D eigenvalue weighted by Crippen LogP contribution is -2.59. The molecule has 0 saturated heterocycles. The number of ether oxygens (including phenoxy) is 1. The minimum absolute atomic E-state index is 0.0861. The predicted molar refractivity (Wildman–Crippen MR) is 186 cm³/mol. The van der Waals surface area contributed by atoms with Crippen LogP contribution >= 0.6 is 11.3 Å². The third-order valence-corrected chi connectivity index (χ3v) is 10.3. The summed E-state index contributed by atoms with van der Waals surface area (Å²) in [5, 5.41) is 12.7. The Morgan fingerprint density at radius 1 is 0.958 bits per heavy atom. The largest absolute Gasteiger partial charge is 0.493 e. The van der Waals surface area contributed by atoms with E-state index in [1.165, 1.54) is 11.3 Å². The SMILES string of the molecule is CCC(=O)N[C@@H](Cc1nc2ccc(C)cc2s1)C(=O)N[C@H](C(=O)N[C@@H](CCCCN)C(=O)N[C@@H]1CCOc2ccccc21)C1CCCC1. The Bertz CT molecular complexity index is 1590. The highest BCUT2D eigenvalue weighted by molar-refractivity contribution is 7.18. The number of carbonyl (C=O) groups is 4. The number of aromatic nitrogens is 1. The molecule has 2 heterocycles. The number of rotatable bonds is 15. The van der Waals surface area contributed by atoms with Crippen LogP contribution in [-0.2, 0) is 25.6 Å². The second kappa shape index (κ2) is 16.9. The molecular formula is C36H48N6O5S. The highest BCUT2D eigenvalue weighted by Crippen LogP contribution is 2.32. The van der Waals surface area contributed by atoms with Crippen LogP contribution in [0.15, 0.2) is 42.5 Å². The molecule has 0 unspecified atom stereocenters. The maximum Gasteiger partial charge on any atom is 0.243 e. The molecule has 12 heteroatoms. The van der Waals surface area contributed by atoms with Gasteiger partial charge in [0.2, 0.25) is 23.6 Å². The van der Waals surface area contributed by atoms with E-state index in [0.29, 0.717) is 38.8 Å². The molecule has 1 aromatic heterocycles. The van der Waals surface area contributed by atoms with Crippen molar-refractivity contribution in [2.75, 3.05) is 13.2 Å². The van der Waals surface area contributed by atoms with Crippen molar-refractivity contribution in [2.45, 2.75) is 102 Å². The number of carbonyl (C=O) groups excluding carboxylic acids is 4. The fourth-order valence-corrected chi connectivity index (χ4v) is 7.69. The van der Waals surface area contributed by atoms with Crippen molar-refractivity contribution in [3.05, 3.63) is 58.6 Å². The number of unbranched alkanes of at least 4 members (excludes halogenated alkanes) is 1. The van der Waals surface area contributed by atoms with E-state index in [4.69, 9.17) is 15.5 Å². The van der Waals surface area contributed by atoms with Crippen LogP contribution < -0.4 is 31.7 Å². The molecule has 5 rings (SSSR count). The molecule has 0 radical (unpaired) electrons. The van der Waals surface area contributed by atoms with Crippen molar-refractivity contribution < 1.29 is 23.9 Å². The van der Waals surface area contributed by atoms with E-state index in [-0.39, 0.29) is 36.6 Å². The molecule has 6 N–H and O–H groups in total. The van der Waals surface area contributed by atoms with Gasteiger partial charge in [-0.25, -0.2) is 4.98 Å². The number of nitrogens with two attached hydrogens (primary N) is 1. The summed E-state index contributed by atoms with van der Waals surface area (Å²) in [6.07, 6.45) is 6.29. The van der Waals surface area contributed by atoms with Crippen molar-refractivity contribution in [1.82, 2.24) is 26.3 Å². The topological polar surface area (TPSA) is 165 Å². The van der Waals surface area contributed by atoms with Crippen molar-refractivity contribution >= 4 is 45.2 Å². The number of thiazole rings is 1. The molecule has 1 saturated carbocycles. The summed E-state index contributed by atoms with van der Waals surface area (Å²) in [4.78, 5) is 59.0. The maximum atomic E-state index is 14.1. The molecule has 11 nitrogen and oxygen atoms in total. The molecule has 0 spiro atoms. The first-order chi connectivity index (χ1) is 23.2. The lowest BCUT2D eigenvalue weighted by atomic mass is 9.95. The number of fused-ring (bicyclic) bond motifs is 2. The predicted octanol–water partition coefficient (Wildman–Crippen LogP) is 3.97. The summed E-state index contributed by atoms with van der Waals surface area (Å²) in [5.41, 5.74) is 8.62. The molecule has 2 aromatic carbocycles. The number of nitrogens with zero attached hydrogens (tertiary/aromatic N) is 1. The molecule has 48 heavy (non-hydrogen) atoms. The minimum atomic E-state index is -0.909. The van der Waals surface area contributed by atoms with E-state index in [9.17, 15) is 19.2 Å². The molecular weight excluding hydrogens is 629 g/mol. The molecule has 1 aliphatic carbocycles. The Morgan fingerprint density at radius 2 is 1.75 bits per heavy atom. The second-order valence-electron chi connectivity index (χ2n) is 12.9. The maximum absolute atomic E-state index is 14.1. The van der Waals surface area contributed by atoms with Crippen molar-refractivity contribution in [1.29, 1.82) is 0 Å². The number of amides is 4. The standard InChI is InChI=1S/C36H48N6O5S/c1-3-31(43)38-28(21-32-39-26-16-15-22(2)20-30(26)48-32)35(45)42-33(23-10-4-5-11-23)36(46)41-27(13-8-9-18-37)34(44)40-25-17-19-47-29-14-7-6-12-24(25)29/h6-7,12,14-16,20,23,25,27-28,33H,3-5,8-11,13,17-19,21,37H2,1-2H3,(H,38,43)(H,40,44)(H,41,46)(H,42,45)/t25-,27+,28+,33+/m1/s1. The number of benzene rings is 2. The molecule has 0 bridgehead atoms. The highest BCUT2D eigenvalue weighted by Gasteiger charge is 2.36. The Hall–Kier alpha value is -4.03. The number of aryl methyl sites for hydroxylation is 1. The van der Waals surface area contributed by atoms with Crippen LogP contribution in [0.3, 0.4) is 0 Å². The Balaban J connectivity index is 1.32. The summed E-state index contributed by atoms with van der Waals surface area (Å²) >= 11 is 1.49. The summed E-state index contributed by atoms with van der Waals surface area (Å²) in [7, 11) is 0. The van der Waals surface area contributed by atoms with Gasteiger partial charge in [0, 0.05) is 24.8 Å². The molecule has 1 fully saturated rings. The zero-order chi connectivity index (χ0) is 34.0. The van der Waals surface area contributed by atoms with Gasteiger partial charge in [0.15, 0.2) is 0 Å². The minimum Gasteiger partial charge on any atom is -0.493 e. The van der Waals surface area contributed by atoms with Gasteiger partial charge in [-0.3, -0.25) is 19.2 Å². The van der Waals surface area contributed by atoms with Crippen LogP contribution in [0.5, 0.6) is 5.75 Å². The molecule has 4 atom stereocenters. The summed E-state index contributed by atoms with van der Waals surface area (Å²) < 4.78 is 6.78. The van der Waals surface area contributed by atoms with E-state index in [0.717, 1.165) is 57.8 Å². The fraction of sp³-hybridized carbons (Fsp3) is 0.528. The monoisotopic (exact) mass is 676 g/mol. The summed E-state index contributed by atoms with van der Waals surface area (Å²) in [6, 6.07) is 10.8. The first kappa shape index (κ1) is 35.3. The Labute approximate surface area is 286 Å². The average Bonchev–Trinajstić information content (AvgIpc) is 3.76. The van der Waals surface area contributed by atoms with Crippen LogP contribution in [-0.4, -0.2) is 59.9 Å². The van der Waals surface area contributed by atoms with E-state index < -0.39 is 29.9 Å². The highest BCUT2D eigenvalue weighted by atomic mass is 32.1. The molecule has 1 aliphatic heterocycles. The van der Waals surface area contributed by atoms with Gasteiger partial charge in [-0.2, -0.15) is 0 Å². The van der Waals surface area contributed by atoms with Gasteiger partial charge < -0.3 is 31.7 Å². The summed E-state index contributed by atoms with van der Waals surface area (Å²) in [5.74, 6) is -0.726. The third kappa shape index (κ3) is 9.10. The number of hydrogen-bond donors (Lipinski definition) is 5. The van der Waals surface area contributed by atoms with Crippen molar-refractivity contribution in [2.24, 2.45) is 11.7 Å². The number of nitrogens with one attached hydrogen (secondary N) is 4. The van der Waals surface area contributed by atoms with Crippen LogP contribution in [0.25, 0.3) is 10.2 Å². The Kier molecular flexibility index (Phi) is 12.4. The zero-order valence-corrected chi connectivity index (χ0v) is 28.7. The zero-order valence-electron chi connectivity index (χ0n) is 27.9. The number of para-hydroxylation sites is 1. The van der Waals surface area contributed by atoms with Gasteiger partial charge in [0.1, 0.15) is 23.9 Å². The first-order valence-corrected chi connectivity index (χ1v) is 18.1. The molecule has 258 valence electrons. The van der Waals surface area contributed by atoms with Gasteiger partial charge in [-0.05, 0) is 75.3 Å². The smallest absolute Gasteiger partial charge is 0.243 e. The molecule has 4 amide bonds. The van der Waals surface area contributed by atoms with Crippen LogP contribution in [0.1, 0.15) is 86.9 Å². The normalized spacial score (nSPS) is 17.9.